The molecule has 1 aromatic carbocycles. The standard InChI is InChI=1S/C13H16N2O3/c1-9(6-7-14)15(2)13(17)11-8-10(18-3)4-5-12(11)16/h4-5,8-9,16H,6H2,1-3H3. The van der Waals surface area contributed by atoms with Gasteiger partial charge < -0.3 is 14.7 Å². The zero-order valence-electron chi connectivity index (χ0n) is 10.7. The van der Waals surface area contributed by atoms with Crippen molar-refractivity contribution >= 4 is 5.91 Å². The fourth-order valence-electron chi connectivity index (χ4n) is 1.47. The summed E-state index contributed by atoms with van der Waals surface area (Å²) in [4.78, 5) is 13.6. The number of aromatic hydroxyl groups is 1. The van der Waals surface area contributed by atoms with E-state index < -0.39 is 0 Å². The van der Waals surface area contributed by atoms with Crippen LogP contribution in [0, 0.1) is 11.3 Å². The van der Waals surface area contributed by atoms with Crippen LogP contribution in [0.1, 0.15) is 23.7 Å². The Morgan fingerprint density at radius 3 is 2.83 bits per heavy atom. The van der Waals surface area contributed by atoms with Crippen LogP contribution < -0.4 is 4.74 Å². The maximum Gasteiger partial charge on any atom is 0.257 e. The van der Waals surface area contributed by atoms with Gasteiger partial charge in [0.15, 0.2) is 0 Å². The van der Waals surface area contributed by atoms with Gasteiger partial charge in [-0.2, -0.15) is 5.26 Å². The Balaban J connectivity index is 3.00. The number of nitrogens with zero attached hydrogens (tertiary/aromatic N) is 2. The highest BCUT2D eigenvalue weighted by Gasteiger charge is 2.20. The van der Waals surface area contributed by atoms with Crippen molar-refractivity contribution < 1.29 is 14.6 Å². The number of carbonyl (C=O) groups excluding carboxylic acids is 1. The Kier molecular flexibility index (Phi) is 4.55. The Morgan fingerprint density at radius 2 is 2.28 bits per heavy atom. The molecule has 18 heavy (non-hydrogen) atoms. The molecule has 5 heteroatoms. The molecule has 0 heterocycles. The number of phenolic OH excluding ortho intramolecular Hbond substituents is 1. The summed E-state index contributed by atoms with van der Waals surface area (Å²) in [7, 11) is 3.09. The highest BCUT2D eigenvalue weighted by Crippen LogP contribution is 2.24. The lowest BCUT2D eigenvalue weighted by Gasteiger charge is -2.23. The van der Waals surface area contributed by atoms with Gasteiger partial charge in [0.2, 0.25) is 0 Å². The third-order valence-corrected chi connectivity index (χ3v) is 2.80. The molecule has 0 aliphatic heterocycles. The van der Waals surface area contributed by atoms with Crippen molar-refractivity contribution in [2.24, 2.45) is 0 Å². The van der Waals surface area contributed by atoms with Crippen molar-refractivity contribution in [3.63, 3.8) is 0 Å². The molecule has 1 amide bonds. The monoisotopic (exact) mass is 248 g/mol. The van der Waals surface area contributed by atoms with Gasteiger partial charge in [0.25, 0.3) is 5.91 Å². The van der Waals surface area contributed by atoms with Crippen molar-refractivity contribution in [3.8, 4) is 17.6 Å². The van der Waals surface area contributed by atoms with Crippen LogP contribution in [-0.2, 0) is 0 Å². The Bertz CT molecular complexity index is 480. The molecule has 0 fully saturated rings. The number of phenols is 1. The first-order chi connectivity index (χ1) is 8.51. The normalized spacial score (nSPS) is 11.4. The Labute approximate surface area is 106 Å². The molecule has 0 aromatic heterocycles. The van der Waals surface area contributed by atoms with Crippen LogP contribution in [0.25, 0.3) is 0 Å². The highest BCUT2D eigenvalue weighted by molar-refractivity contribution is 5.97. The van der Waals surface area contributed by atoms with E-state index in [2.05, 4.69) is 0 Å². The van der Waals surface area contributed by atoms with Gasteiger partial charge >= 0.3 is 0 Å². The molecule has 0 spiro atoms. The van der Waals surface area contributed by atoms with E-state index in [0.29, 0.717) is 5.75 Å². The minimum Gasteiger partial charge on any atom is -0.507 e. The molecule has 96 valence electrons. The molecule has 0 aliphatic carbocycles. The molecular formula is C13H16N2O3. The smallest absolute Gasteiger partial charge is 0.257 e. The van der Waals surface area contributed by atoms with Crippen LogP contribution in [0.3, 0.4) is 0 Å². The third kappa shape index (κ3) is 2.92. The maximum absolute atomic E-state index is 12.2. The topological polar surface area (TPSA) is 73.6 Å². The fourth-order valence-corrected chi connectivity index (χ4v) is 1.47. The number of carbonyl (C=O) groups is 1. The molecule has 1 atom stereocenters. The van der Waals surface area contributed by atoms with E-state index in [9.17, 15) is 9.90 Å². The predicted molar refractivity (Wildman–Crippen MR) is 66.4 cm³/mol. The van der Waals surface area contributed by atoms with Crippen LogP contribution in [0.5, 0.6) is 11.5 Å². The molecule has 0 radical (unpaired) electrons. The zero-order chi connectivity index (χ0) is 13.7. The van der Waals surface area contributed by atoms with Crippen LogP contribution in [0.2, 0.25) is 0 Å². The molecule has 1 unspecified atom stereocenters. The summed E-state index contributed by atoms with van der Waals surface area (Å²) in [5.41, 5.74) is 0.168. The molecule has 0 aliphatic rings. The molecule has 1 N–H and O–H groups in total. The maximum atomic E-state index is 12.2. The van der Waals surface area contributed by atoms with Gasteiger partial charge in [-0.3, -0.25) is 4.79 Å². The van der Waals surface area contributed by atoms with Crippen LogP contribution in [-0.4, -0.2) is 36.1 Å². The average Bonchev–Trinajstić information content (AvgIpc) is 2.38. The van der Waals surface area contributed by atoms with Crippen LogP contribution in [0.4, 0.5) is 0 Å². The number of amides is 1. The van der Waals surface area contributed by atoms with E-state index in [1.807, 2.05) is 6.07 Å². The molecule has 0 saturated carbocycles. The second kappa shape index (κ2) is 5.92. The van der Waals surface area contributed by atoms with E-state index in [4.69, 9.17) is 10.00 Å². The van der Waals surface area contributed by atoms with Gasteiger partial charge in [0.1, 0.15) is 11.5 Å². The lowest BCUT2D eigenvalue weighted by atomic mass is 10.1. The van der Waals surface area contributed by atoms with Gasteiger partial charge in [0, 0.05) is 13.1 Å². The van der Waals surface area contributed by atoms with Crippen molar-refractivity contribution in [2.75, 3.05) is 14.2 Å². The second-order valence-electron chi connectivity index (χ2n) is 4.01. The lowest BCUT2D eigenvalue weighted by Crippen LogP contribution is -2.34. The van der Waals surface area contributed by atoms with E-state index in [0.717, 1.165) is 0 Å². The Morgan fingerprint density at radius 1 is 1.61 bits per heavy atom. The van der Waals surface area contributed by atoms with Crippen LogP contribution >= 0.6 is 0 Å². The number of nitriles is 1. The Hall–Kier alpha value is -2.22. The molecular weight excluding hydrogens is 232 g/mol. The van der Waals surface area contributed by atoms with Gasteiger partial charge in [-0.25, -0.2) is 0 Å². The minimum absolute atomic E-state index is 0.100. The number of hydrogen-bond acceptors (Lipinski definition) is 4. The van der Waals surface area contributed by atoms with Crippen molar-refractivity contribution in [1.29, 1.82) is 5.26 Å². The summed E-state index contributed by atoms with van der Waals surface area (Å²) in [6, 6.07) is 6.26. The fraction of sp³-hybridized carbons (Fsp3) is 0.385. The summed E-state index contributed by atoms with van der Waals surface area (Å²) in [5, 5.41) is 18.3. The lowest BCUT2D eigenvalue weighted by molar-refractivity contribution is 0.0743. The van der Waals surface area contributed by atoms with Crippen molar-refractivity contribution in [3.05, 3.63) is 23.8 Å². The molecule has 0 bridgehead atoms. The van der Waals surface area contributed by atoms with Crippen molar-refractivity contribution in [1.82, 2.24) is 4.90 Å². The van der Waals surface area contributed by atoms with Gasteiger partial charge in [-0.15, -0.1) is 0 Å². The largest absolute Gasteiger partial charge is 0.507 e. The first-order valence-electron chi connectivity index (χ1n) is 5.52. The summed E-state index contributed by atoms with van der Waals surface area (Å²) < 4.78 is 5.01. The zero-order valence-corrected chi connectivity index (χ0v) is 10.7. The number of ether oxygens (including phenoxy) is 1. The molecule has 1 rings (SSSR count). The number of hydrogen-bond donors (Lipinski definition) is 1. The number of rotatable bonds is 4. The first-order valence-corrected chi connectivity index (χ1v) is 5.52. The quantitative estimate of drug-likeness (QED) is 0.881. The summed E-state index contributed by atoms with van der Waals surface area (Å²) in [5.74, 6) is 0.0587. The van der Waals surface area contributed by atoms with Crippen molar-refractivity contribution in [2.45, 2.75) is 19.4 Å². The average molecular weight is 248 g/mol. The van der Waals surface area contributed by atoms with E-state index in [1.165, 1.54) is 24.1 Å². The SMILES string of the molecule is COc1ccc(O)c(C(=O)N(C)C(C)CC#N)c1. The second-order valence-corrected chi connectivity index (χ2v) is 4.01. The molecule has 0 saturated heterocycles. The molecule has 5 nitrogen and oxygen atoms in total. The third-order valence-electron chi connectivity index (χ3n) is 2.80. The number of methoxy groups -OCH3 is 1. The van der Waals surface area contributed by atoms with E-state index in [-0.39, 0.29) is 29.7 Å². The summed E-state index contributed by atoms with van der Waals surface area (Å²) in [6.07, 6.45) is 0.243. The summed E-state index contributed by atoms with van der Waals surface area (Å²) >= 11 is 0. The van der Waals surface area contributed by atoms with E-state index in [1.54, 1.807) is 20.0 Å². The van der Waals surface area contributed by atoms with E-state index >= 15 is 0 Å². The van der Waals surface area contributed by atoms with Gasteiger partial charge in [-0.1, -0.05) is 0 Å². The predicted octanol–water partition coefficient (Wildman–Crippen LogP) is 1.77. The van der Waals surface area contributed by atoms with Gasteiger partial charge in [0.05, 0.1) is 25.2 Å². The minimum atomic E-state index is -0.339. The van der Waals surface area contributed by atoms with Gasteiger partial charge in [-0.05, 0) is 25.1 Å². The number of benzene rings is 1. The van der Waals surface area contributed by atoms with Crippen LogP contribution in [0.15, 0.2) is 18.2 Å². The summed E-state index contributed by atoms with van der Waals surface area (Å²) in [6.45, 7) is 1.78. The molecule has 1 aromatic rings. The highest BCUT2D eigenvalue weighted by atomic mass is 16.5. The first kappa shape index (κ1) is 13.8.